The summed E-state index contributed by atoms with van der Waals surface area (Å²) >= 11 is 3.06. The van der Waals surface area contributed by atoms with Crippen LogP contribution >= 0.6 is 15.9 Å². The number of benzene rings is 1. The summed E-state index contributed by atoms with van der Waals surface area (Å²) in [5.74, 6) is -0.518. The first-order valence-electron chi connectivity index (χ1n) is 5.19. The van der Waals surface area contributed by atoms with Crippen LogP contribution in [0.2, 0.25) is 0 Å². The summed E-state index contributed by atoms with van der Waals surface area (Å²) in [4.78, 5) is 10.4. The Labute approximate surface area is 111 Å². The third-order valence-corrected chi connectivity index (χ3v) is 3.18. The van der Waals surface area contributed by atoms with Crippen molar-refractivity contribution in [3.63, 3.8) is 0 Å². The number of methoxy groups -OCH3 is 1. The van der Waals surface area contributed by atoms with Crippen LogP contribution in [0, 0.1) is 0 Å². The van der Waals surface area contributed by atoms with Gasteiger partial charge in [0.2, 0.25) is 0 Å². The van der Waals surface area contributed by atoms with Gasteiger partial charge in [-0.15, -0.1) is 0 Å². The van der Waals surface area contributed by atoms with Crippen LogP contribution in [0.3, 0.4) is 0 Å². The summed E-state index contributed by atoms with van der Waals surface area (Å²) in [6.45, 7) is 1.70. The van der Waals surface area contributed by atoms with Crippen molar-refractivity contribution < 1.29 is 22.7 Å². The molecule has 1 aromatic rings. The molecule has 0 N–H and O–H groups in total. The summed E-state index contributed by atoms with van der Waals surface area (Å²) < 4.78 is 43.6. The van der Waals surface area contributed by atoms with Crippen molar-refractivity contribution in [2.45, 2.75) is 25.4 Å². The van der Waals surface area contributed by atoms with E-state index in [0.717, 1.165) is 6.07 Å². The molecule has 0 saturated heterocycles. The molecule has 0 fully saturated rings. The minimum atomic E-state index is -4.50. The lowest BCUT2D eigenvalue weighted by atomic mass is 9.96. The van der Waals surface area contributed by atoms with E-state index in [2.05, 4.69) is 15.9 Å². The summed E-state index contributed by atoms with van der Waals surface area (Å²) in [5, 5.41) is 0. The first-order chi connectivity index (χ1) is 8.31. The van der Waals surface area contributed by atoms with E-state index in [1.54, 1.807) is 13.0 Å². The second kappa shape index (κ2) is 5.73. The number of aldehydes is 1. The molecule has 0 spiro atoms. The number of alkyl halides is 3. The quantitative estimate of drug-likeness (QED) is 0.777. The molecule has 18 heavy (non-hydrogen) atoms. The highest BCUT2D eigenvalue weighted by atomic mass is 79.9. The molecule has 0 aliphatic carbocycles. The van der Waals surface area contributed by atoms with Gasteiger partial charge in [0, 0.05) is 6.42 Å². The van der Waals surface area contributed by atoms with Crippen LogP contribution in [0.4, 0.5) is 13.2 Å². The maximum atomic E-state index is 12.9. The van der Waals surface area contributed by atoms with E-state index in [9.17, 15) is 18.0 Å². The third-order valence-electron chi connectivity index (χ3n) is 2.59. The van der Waals surface area contributed by atoms with Crippen molar-refractivity contribution in [1.29, 1.82) is 0 Å². The molecule has 0 amide bonds. The number of hydrogen-bond acceptors (Lipinski definition) is 2. The van der Waals surface area contributed by atoms with Crippen LogP contribution in [0.5, 0.6) is 5.75 Å². The highest BCUT2D eigenvalue weighted by Gasteiger charge is 2.36. The van der Waals surface area contributed by atoms with Gasteiger partial charge in [-0.2, -0.15) is 13.2 Å². The summed E-state index contributed by atoms with van der Waals surface area (Å²) in [6.07, 6.45) is -3.63. The molecule has 0 aliphatic heterocycles. The van der Waals surface area contributed by atoms with Gasteiger partial charge in [0.05, 0.1) is 17.1 Å². The smallest absolute Gasteiger partial charge is 0.420 e. The van der Waals surface area contributed by atoms with E-state index in [0.29, 0.717) is 11.8 Å². The molecule has 1 rings (SSSR count). The summed E-state index contributed by atoms with van der Waals surface area (Å²) in [5.41, 5.74) is -0.394. The Morgan fingerprint density at radius 3 is 2.50 bits per heavy atom. The van der Waals surface area contributed by atoms with E-state index in [-0.39, 0.29) is 22.6 Å². The van der Waals surface area contributed by atoms with Crippen LogP contribution < -0.4 is 4.74 Å². The molecule has 6 heteroatoms. The van der Waals surface area contributed by atoms with Gasteiger partial charge in [-0.25, -0.2) is 0 Å². The molecule has 0 bridgehead atoms. The SMILES string of the molecule is COc1c(Br)cc(C(C)CC=O)cc1C(F)(F)F. The van der Waals surface area contributed by atoms with E-state index in [1.165, 1.54) is 7.11 Å². The predicted molar refractivity (Wildman–Crippen MR) is 64.8 cm³/mol. The van der Waals surface area contributed by atoms with Gasteiger partial charge in [-0.3, -0.25) is 0 Å². The highest BCUT2D eigenvalue weighted by molar-refractivity contribution is 9.10. The van der Waals surface area contributed by atoms with Crippen LogP contribution in [0.1, 0.15) is 30.4 Å². The van der Waals surface area contributed by atoms with Crippen molar-refractivity contribution in [1.82, 2.24) is 0 Å². The van der Waals surface area contributed by atoms with Gasteiger partial charge in [0.1, 0.15) is 12.0 Å². The van der Waals surface area contributed by atoms with Gasteiger partial charge in [0.15, 0.2) is 0 Å². The zero-order chi connectivity index (χ0) is 13.9. The Morgan fingerprint density at radius 1 is 1.44 bits per heavy atom. The summed E-state index contributed by atoms with van der Waals surface area (Å²) in [6, 6.07) is 2.57. The summed E-state index contributed by atoms with van der Waals surface area (Å²) in [7, 11) is 1.18. The second-order valence-electron chi connectivity index (χ2n) is 3.88. The molecule has 2 nitrogen and oxygen atoms in total. The molecule has 0 radical (unpaired) electrons. The van der Waals surface area contributed by atoms with Gasteiger partial charge < -0.3 is 9.53 Å². The maximum absolute atomic E-state index is 12.9. The normalized spacial score (nSPS) is 13.2. The monoisotopic (exact) mass is 324 g/mol. The number of carbonyl (C=O) groups excluding carboxylic acids is 1. The minimum absolute atomic E-state index is 0.177. The average Bonchev–Trinajstić information content (AvgIpc) is 2.27. The molecule has 100 valence electrons. The molecule has 0 aliphatic rings. The molecule has 1 unspecified atom stereocenters. The fourth-order valence-corrected chi connectivity index (χ4v) is 2.24. The Balaban J connectivity index is 3.35. The van der Waals surface area contributed by atoms with Crippen molar-refractivity contribution in [3.8, 4) is 5.75 Å². The predicted octanol–water partition coefficient (Wildman–Crippen LogP) is 4.17. The fraction of sp³-hybridized carbons (Fsp3) is 0.417. The van der Waals surface area contributed by atoms with Crippen molar-refractivity contribution in [3.05, 3.63) is 27.7 Å². The number of hydrogen-bond donors (Lipinski definition) is 0. The lowest BCUT2D eigenvalue weighted by molar-refractivity contribution is -0.138. The van der Waals surface area contributed by atoms with Crippen molar-refractivity contribution >= 4 is 22.2 Å². The Hall–Kier alpha value is -1.04. The van der Waals surface area contributed by atoms with E-state index < -0.39 is 11.7 Å². The Kier molecular flexibility index (Phi) is 4.78. The zero-order valence-electron chi connectivity index (χ0n) is 9.84. The molecule has 0 aromatic heterocycles. The molecule has 0 heterocycles. The van der Waals surface area contributed by atoms with Crippen molar-refractivity contribution in [2.24, 2.45) is 0 Å². The average molecular weight is 325 g/mol. The maximum Gasteiger partial charge on any atom is 0.420 e. The van der Waals surface area contributed by atoms with Crippen LogP contribution in [-0.4, -0.2) is 13.4 Å². The first-order valence-corrected chi connectivity index (χ1v) is 5.98. The van der Waals surface area contributed by atoms with E-state index >= 15 is 0 Å². The highest BCUT2D eigenvalue weighted by Crippen LogP contribution is 2.42. The molecular weight excluding hydrogens is 313 g/mol. The van der Waals surface area contributed by atoms with Gasteiger partial charge in [-0.05, 0) is 39.5 Å². The number of rotatable bonds is 4. The molecule has 1 atom stereocenters. The number of ether oxygens (including phenoxy) is 1. The largest absolute Gasteiger partial charge is 0.495 e. The third kappa shape index (κ3) is 3.25. The van der Waals surface area contributed by atoms with Gasteiger partial charge in [-0.1, -0.05) is 6.92 Å². The van der Waals surface area contributed by atoms with Crippen LogP contribution in [0.25, 0.3) is 0 Å². The number of carbonyl (C=O) groups is 1. The van der Waals surface area contributed by atoms with Gasteiger partial charge in [0.25, 0.3) is 0 Å². The van der Waals surface area contributed by atoms with Gasteiger partial charge >= 0.3 is 6.18 Å². The lowest BCUT2D eigenvalue weighted by Crippen LogP contribution is -2.09. The lowest BCUT2D eigenvalue weighted by Gasteiger charge is -2.17. The molecular formula is C12H12BrF3O2. The van der Waals surface area contributed by atoms with E-state index in [4.69, 9.17) is 4.74 Å². The zero-order valence-corrected chi connectivity index (χ0v) is 11.4. The Morgan fingerprint density at radius 2 is 2.06 bits per heavy atom. The fourth-order valence-electron chi connectivity index (χ4n) is 1.60. The van der Waals surface area contributed by atoms with Crippen molar-refractivity contribution in [2.75, 3.05) is 7.11 Å². The second-order valence-corrected chi connectivity index (χ2v) is 4.74. The molecule has 0 saturated carbocycles. The topological polar surface area (TPSA) is 26.3 Å². The standard InChI is InChI=1S/C12H12BrF3O2/c1-7(3-4-17)8-5-9(12(14,15)16)11(18-2)10(13)6-8/h4-7H,3H2,1-2H3. The molecule has 1 aromatic carbocycles. The number of halogens is 4. The minimum Gasteiger partial charge on any atom is -0.495 e. The van der Waals surface area contributed by atoms with Crippen LogP contribution in [0.15, 0.2) is 16.6 Å². The van der Waals surface area contributed by atoms with Crippen LogP contribution in [-0.2, 0) is 11.0 Å². The van der Waals surface area contributed by atoms with E-state index in [1.807, 2.05) is 0 Å². The first kappa shape index (κ1) is 15.0. The Bertz CT molecular complexity index is 444.